The molecule has 1 aromatic rings. The van der Waals surface area contributed by atoms with Gasteiger partial charge in [0.05, 0.1) is 16.5 Å². The number of likely N-dealkylation sites (tertiary alicyclic amines) is 1. The van der Waals surface area contributed by atoms with Gasteiger partial charge in [0.2, 0.25) is 0 Å². The van der Waals surface area contributed by atoms with E-state index in [4.69, 9.17) is 16.7 Å². The van der Waals surface area contributed by atoms with E-state index in [1.54, 1.807) is 4.90 Å². The van der Waals surface area contributed by atoms with E-state index in [1.165, 1.54) is 18.2 Å². The fourth-order valence-corrected chi connectivity index (χ4v) is 2.73. The molecule has 6 heteroatoms. The highest BCUT2D eigenvalue weighted by molar-refractivity contribution is 6.33. The zero-order chi connectivity index (χ0) is 14.9. The van der Waals surface area contributed by atoms with Gasteiger partial charge in [0, 0.05) is 12.6 Å². The lowest BCUT2D eigenvalue weighted by Crippen LogP contribution is -2.46. The number of aromatic hydroxyl groups is 1. The Morgan fingerprint density at radius 3 is 2.70 bits per heavy atom. The Morgan fingerprint density at radius 2 is 2.10 bits per heavy atom. The zero-order valence-electron chi connectivity index (χ0n) is 11.0. The first kappa shape index (κ1) is 14.7. The molecular formula is C14H16ClNO4. The number of rotatable bonds is 2. The van der Waals surface area contributed by atoms with E-state index in [9.17, 15) is 14.7 Å². The summed E-state index contributed by atoms with van der Waals surface area (Å²) in [6.07, 6.45) is 0.860. The Balaban J connectivity index is 2.18. The van der Waals surface area contributed by atoms with Gasteiger partial charge in [-0.1, -0.05) is 11.6 Å². The molecule has 0 saturated carbocycles. The minimum atomic E-state index is -0.820. The smallest absolute Gasteiger partial charge is 0.306 e. The maximum atomic E-state index is 12.4. The summed E-state index contributed by atoms with van der Waals surface area (Å²) < 4.78 is 0. The molecule has 1 amide bonds. The highest BCUT2D eigenvalue weighted by Gasteiger charge is 2.33. The second kappa shape index (κ2) is 5.71. The van der Waals surface area contributed by atoms with Crippen molar-refractivity contribution in [1.29, 1.82) is 0 Å². The summed E-state index contributed by atoms with van der Waals surface area (Å²) in [4.78, 5) is 25.0. The number of phenolic OH excluding ortho intramolecular Hbond substituents is 1. The molecule has 2 rings (SSSR count). The second-order valence-corrected chi connectivity index (χ2v) is 5.48. The largest absolute Gasteiger partial charge is 0.508 e. The van der Waals surface area contributed by atoms with Crippen molar-refractivity contribution < 1.29 is 19.8 Å². The molecule has 1 heterocycles. The lowest BCUT2D eigenvalue weighted by Gasteiger charge is -2.36. The molecule has 2 unspecified atom stereocenters. The maximum Gasteiger partial charge on any atom is 0.306 e. The molecule has 20 heavy (non-hydrogen) atoms. The van der Waals surface area contributed by atoms with E-state index >= 15 is 0 Å². The summed E-state index contributed by atoms with van der Waals surface area (Å²) >= 11 is 5.98. The quantitative estimate of drug-likeness (QED) is 0.878. The molecule has 5 nitrogen and oxygen atoms in total. The fraction of sp³-hybridized carbons (Fsp3) is 0.429. The van der Waals surface area contributed by atoms with Gasteiger partial charge in [0.25, 0.3) is 5.91 Å². The standard InChI is InChI=1S/C14H16ClNO4/c1-8-6-9(14(19)20)4-5-16(8)13(18)11-7-10(17)2-3-12(11)15/h2-3,7-9,17H,4-6H2,1H3,(H,19,20). The van der Waals surface area contributed by atoms with E-state index in [1.807, 2.05) is 6.92 Å². The van der Waals surface area contributed by atoms with Crippen LogP contribution >= 0.6 is 11.6 Å². The van der Waals surface area contributed by atoms with Crippen molar-refractivity contribution in [3.8, 4) is 5.75 Å². The fourth-order valence-electron chi connectivity index (χ4n) is 2.53. The lowest BCUT2D eigenvalue weighted by atomic mass is 9.91. The van der Waals surface area contributed by atoms with Crippen LogP contribution < -0.4 is 0 Å². The van der Waals surface area contributed by atoms with E-state index in [2.05, 4.69) is 0 Å². The van der Waals surface area contributed by atoms with E-state index in [-0.39, 0.29) is 28.3 Å². The third kappa shape index (κ3) is 2.88. The van der Waals surface area contributed by atoms with Crippen LogP contribution in [-0.4, -0.2) is 39.6 Å². The summed E-state index contributed by atoms with van der Waals surface area (Å²) in [7, 11) is 0. The molecule has 0 aromatic heterocycles. The summed E-state index contributed by atoms with van der Waals surface area (Å²) in [6, 6.07) is 4.05. The number of carbonyl (C=O) groups excluding carboxylic acids is 1. The van der Waals surface area contributed by atoms with E-state index < -0.39 is 11.9 Å². The molecule has 108 valence electrons. The number of carbonyl (C=O) groups is 2. The topological polar surface area (TPSA) is 77.8 Å². The molecule has 0 spiro atoms. The summed E-state index contributed by atoms with van der Waals surface area (Å²) in [5.41, 5.74) is 0.243. The number of hydrogen-bond acceptors (Lipinski definition) is 3. The van der Waals surface area contributed by atoms with Gasteiger partial charge in [0.15, 0.2) is 0 Å². The van der Waals surface area contributed by atoms with Crippen molar-refractivity contribution in [3.63, 3.8) is 0 Å². The molecule has 0 radical (unpaired) electrons. The number of carboxylic acids is 1. The summed E-state index contributed by atoms with van der Waals surface area (Å²) in [5, 5.41) is 18.8. The minimum absolute atomic E-state index is 0.0224. The van der Waals surface area contributed by atoms with Crippen LogP contribution in [0.5, 0.6) is 5.75 Å². The number of benzene rings is 1. The van der Waals surface area contributed by atoms with E-state index in [0.717, 1.165) is 0 Å². The Bertz CT molecular complexity index is 546. The average molecular weight is 298 g/mol. The normalized spacial score (nSPS) is 22.6. The highest BCUT2D eigenvalue weighted by Crippen LogP contribution is 2.28. The molecule has 1 aliphatic heterocycles. The first-order valence-corrected chi connectivity index (χ1v) is 6.80. The van der Waals surface area contributed by atoms with Gasteiger partial charge in [0.1, 0.15) is 5.75 Å². The van der Waals surface area contributed by atoms with Crippen molar-refractivity contribution >= 4 is 23.5 Å². The van der Waals surface area contributed by atoms with Gasteiger partial charge >= 0.3 is 5.97 Å². The van der Waals surface area contributed by atoms with Gasteiger partial charge in [-0.3, -0.25) is 9.59 Å². The average Bonchev–Trinajstić information content (AvgIpc) is 2.40. The molecule has 1 saturated heterocycles. The Hall–Kier alpha value is -1.75. The van der Waals surface area contributed by atoms with Gasteiger partial charge in [-0.15, -0.1) is 0 Å². The van der Waals surface area contributed by atoms with E-state index in [0.29, 0.717) is 19.4 Å². The van der Waals surface area contributed by atoms with Crippen LogP contribution in [-0.2, 0) is 4.79 Å². The van der Waals surface area contributed by atoms with Crippen LogP contribution in [0, 0.1) is 5.92 Å². The number of amides is 1. The van der Waals surface area contributed by atoms with Crippen LogP contribution in [0.1, 0.15) is 30.1 Å². The molecule has 2 atom stereocenters. The lowest BCUT2D eigenvalue weighted by molar-refractivity contribution is -0.143. The van der Waals surface area contributed by atoms with Crippen LogP contribution in [0.3, 0.4) is 0 Å². The Morgan fingerprint density at radius 1 is 1.40 bits per heavy atom. The number of nitrogens with zero attached hydrogens (tertiary/aromatic N) is 1. The third-order valence-corrected chi connectivity index (χ3v) is 4.00. The number of carboxylic acid groups (broad SMARTS) is 1. The number of piperidine rings is 1. The van der Waals surface area contributed by atoms with Crippen molar-refractivity contribution in [2.75, 3.05) is 6.54 Å². The van der Waals surface area contributed by atoms with Crippen LogP contribution in [0.4, 0.5) is 0 Å². The van der Waals surface area contributed by atoms with Gasteiger partial charge in [-0.25, -0.2) is 0 Å². The van der Waals surface area contributed by atoms with Crippen LogP contribution in [0.2, 0.25) is 5.02 Å². The van der Waals surface area contributed by atoms with Crippen molar-refractivity contribution in [2.45, 2.75) is 25.8 Å². The van der Waals surface area contributed by atoms with Crippen molar-refractivity contribution in [1.82, 2.24) is 4.90 Å². The van der Waals surface area contributed by atoms with Gasteiger partial charge in [-0.05, 0) is 38.0 Å². The van der Waals surface area contributed by atoms with Crippen molar-refractivity contribution in [3.05, 3.63) is 28.8 Å². The minimum Gasteiger partial charge on any atom is -0.508 e. The second-order valence-electron chi connectivity index (χ2n) is 5.07. The number of hydrogen-bond donors (Lipinski definition) is 2. The summed E-state index contributed by atoms with van der Waals surface area (Å²) in [6.45, 7) is 2.20. The first-order valence-electron chi connectivity index (χ1n) is 6.42. The molecule has 1 fully saturated rings. The molecule has 1 aromatic carbocycles. The first-order chi connectivity index (χ1) is 9.40. The van der Waals surface area contributed by atoms with Crippen LogP contribution in [0.15, 0.2) is 18.2 Å². The Labute approximate surface area is 121 Å². The molecular weight excluding hydrogens is 282 g/mol. The van der Waals surface area contributed by atoms with Crippen molar-refractivity contribution in [2.24, 2.45) is 5.92 Å². The predicted molar refractivity (Wildman–Crippen MR) is 74.0 cm³/mol. The zero-order valence-corrected chi connectivity index (χ0v) is 11.8. The number of aliphatic carboxylic acids is 1. The number of halogens is 1. The van der Waals surface area contributed by atoms with Crippen LogP contribution in [0.25, 0.3) is 0 Å². The predicted octanol–water partition coefficient (Wildman–Crippen LogP) is 2.37. The van der Waals surface area contributed by atoms with Gasteiger partial charge in [-0.2, -0.15) is 0 Å². The third-order valence-electron chi connectivity index (χ3n) is 3.67. The molecule has 2 N–H and O–H groups in total. The Kier molecular flexibility index (Phi) is 4.18. The highest BCUT2D eigenvalue weighted by atomic mass is 35.5. The summed E-state index contributed by atoms with van der Waals surface area (Å²) in [5.74, 6) is -1.53. The SMILES string of the molecule is CC1CC(C(=O)O)CCN1C(=O)c1cc(O)ccc1Cl. The maximum absolute atomic E-state index is 12.4. The number of phenols is 1. The molecule has 0 aliphatic carbocycles. The monoisotopic (exact) mass is 297 g/mol. The van der Waals surface area contributed by atoms with Gasteiger partial charge < -0.3 is 15.1 Å². The molecule has 0 bridgehead atoms. The molecule has 1 aliphatic rings.